The molecule has 1 aromatic heterocycles. The van der Waals surface area contributed by atoms with Crippen molar-refractivity contribution in [2.24, 2.45) is 5.92 Å². The first-order valence-corrected chi connectivity index (χ1v) is 9.00. The summed E-state index contributed by atoms with van der Waals surface area (Å²) in [6.45, 7) is 6.76. The molecule has 0 radical (unpaired) electrons. The van der Waals surface area contributed by atoms with Gasteiger partial charge in [-0.2, -0.15) is 5.26 Å². The van der Waals surface area contributed by atoms with Gasteiger partial charge in [0.2, 0.25) is 0 Å². The lowest BCUT2D eigenvalue weighted by atomic mass is 9.90. The molecule has 0 aliphatic carbocycles. The normalized spacial score (nSPS) is 14.6. The van der Waals surface area contributed by atoms with Crippen molar-refractivity contribution in [1.82, 2.24) is 5.32 Å². The van der Waals surface area contributed by atoms with Gasteiger partial charge in [0.15, 0.2) is 6.10 Å². The van der Waals surface area contributed by atoms with E-state index in [9.17, 15) is 14.9 Å². The molecule has 1 heterocycles. The van der Waals surface area contributed by atoms with Crippen LogP contribution >= 0.6 is 22.9 Å². The SMILES string of the molecule is CC(C)[C@@](C)(C#N)NC(=O)[C@H](C)OC(=O)c1sc2ccccc2c1Cl. The number of hydrogen-bond donors (Lipinski definition) is 1. The van der Waals surface area contributed by atoms with E-state index in [1.165, 1.54) is 18.3 Å². The fraction of sp³-hybridized carbons (Fsp3) is 0.389. The molecule has 132 valence electrons. The first-order valence-electron chi connectivity index (χ1n) is 7.81. The van der Waals surface area contributed by atoms with Crippen molar-refractivity contribution in [2.45, 2.75) is 39.3 Å². The van der Waals surface area contributed by atoms with Crippen LogP contribution in [0.4, 0.5) is 0 Å². The number of fused-ring (bicyclic) bond motifs is 1. The van der Waals surface area contributed by atoms with Crippen molar-refractivity contribution in [3.63, 3.8) is 0 Å². The average Bonchev–Trinajstić information content (AvgIpc) is 2.91. The van der Waals surface area contributed by atoms with Gasteiger partial charge in [-0.15, -0.1) is 11.3 Å². The standard InChI is InChI=1S/C18H19ClN2O3S/c1-10(2)18(4,9-20)21-16(22)11(3)24-17(23)15-14(19)12-7-5-6-8-13(12)25-15/h5-8,10-11H,1-4H3,(H,21,22)/t11-,18+/m0/s1. The highest BCUT2D eigenvalue weighted by Gasteiger charge is 2.33. The number of nitriles is 1. The molecule has 2 atom stereocenters. The lowest BCUT2D eigenvalue weighted by molar-refractivity contribution is -0.130. The number of halogens is 1. The summed E-state index contributed by atoms with van der Waals surface area (Å²) in [5.74, 6) is -1.28. The maximum absolute atomic E-state index is 12.4. The molecule has 1 N–H and O–H groups in total. The number of esters is 1. The van der Waals surface area contributed by atoms with Gasteiger partial charge < -0.3 is 10.1 Å². The van der Waals surface area contributed by atoms with Crippen LogP contribution in [-0.2, 0) is 9.53 Å². The van der Waals surface area contributed by atoms with Gasteiger partial charge in [0, 0.05) is 10.1 Å². The van der Waals surface area contributed by atoms with Crippen LogP contribution in [0.3, 0.4) is 0 Å². The lowest BCUT2D eigenvalue weighted by Gasteiger charge is -2.28. The Labute approximate surface area is 155 Å². The number of benzene rings is 1. The van der Waals surface area contributed by atoms with Crippen LogP contribution in [-0.4, -0.2) is 23.5 Å². The van der Waals surface area contributed by atoms with E-state index in [1.54, 1.807) is 6.92 Å². The summed E-state index contributed by atoms with van der Waals surface area (Å²) in [4.78, 5) is 24.9. The number of nitrogens with zero attached hydrogens (tertiary/aromatic N) is 1. The summed E-state index contributed by atoms with van der Waals surface area (Å²) in [7, 11) is 0. The minimum absolute atomic E-state index is 0.0959. The van der Waals surface area contributed by atoms with Crippen LogP contribution in [0.1, 0.15) is 37.4 Å². The van der Waals surface area contributed by atoms with Gasteiger partial charge in [-0.25, -0.2) is 4.79 Å². The van der Waals surface area contributed by atoms with E-state index in [0.29, 0.717) is 5.02 Å². The van der Waals surface area contributed by atoms with Gasteiger partial charge in [0.05, 0.1) is 11.1 Å². The highest BCUT2D eigenvalue weighted by molar-refractivity contribution is 7.21. The van der Waals surface area contributed by atoms with E-state index in [1.807, 2.05) is 38.1 Å². The lowest BCUT2D eigenvalue weighted by Crippen LogP contribution is -2.52. The second kappa shape index (κ2) is 7.42. The van der Waals surface area contributed by atoms with Crippen molar-refractivity contribution in [1.29, 1.82) is 5.26 Å². The molecule has 2 aromatic rings. The highest BCUT2D eigenvalue weighted by Crippen LogP contribution is 2.35. The summed E-state index contributed by atoms with van der Waals surface area (Å²) in [6.07, 6.45) is -1.04. The molecule has 0 aliphatic rings. The molecule has 0 saturated heterocycles. The molecule has 2 rings (SSSR count). The van der Waals surface area contributed by atoms with Gasteiger partial charge in [0.1, 0.15) is 10.4 Å². The van der Waals surface area contributed by atoms with Crippen LogP contribution in [0.25, 0.3) is 10.1 Å². The van der Waals surface area contributed by atoms with Gasteiger partial charge in [0.25, 0.3) is 5.91 Å². The smallest absolute Gasteiger partial charge is 0.350 e. The third-order valence-corrected chi connectivity index (χ3v) is 5.80. The minimum Gasteiger partial charge on any atom is -0.448 e. The monoisotopic (exact) mass is 378 g/mol. The predicted octanol–water partition coefficient (Wildman–Crippen LogP) is 4.15. The van der Waals surface area contributed by atoms with Crippen LogP contribution in [0, 0.1) is 17.2 Å². The Morgan fingerprint density at radius 3 is 2.52 bits per heavy atom. The largest absolute Gasteiger partial charge is 0.448 e. The fourth-order valence-electron chi connectivity index (χ4n) is 2.07. The summed E-state index contributed by atoms with van der Waals surface area (Å²) >= 11 is 7.47. The van der Waals surface area contributed by atoms with E-state index in [4.69, 9.17) is 16.3 Å². The summed E-state index contributed by atoms with van der Waals surface area (Å²) in [5.41, 5.74) is -1.03. The van der Waals surface area contributed by atoms with E-state index >= 15 is 0 Å². The second-order valence-electron chi connectivity index (χ2n) is 6.25. The number of amides is 1. The quantitative estimate of drug-likeness (QED) is 0.792. The fourth-order valence-corrected chi connectivity index (χ4v) is 3.46. The molecular formula is C18H19ClN2O3S. The number of thiophene rings is 1. The highest BCUT2D eigenvalue weighted by atomic mass is 35.5. The Bertz CT molecular complexity index is 856. The third-order valence-electron chi connectivity index (χ3n) is 4.14. The van der Waals surface area contributed by atoms with Crippen molar-refractivity contribution in [2.75, 3.05) is 0 Å². The summed E-state index contributed by atoms with van der Waals surface area (Å²) in [6, 6.07) is 9.46. The Kier molecular flexibility index (Phi) is 5.71. The van der Waals surface area contributed by atoms with Crippen molar-refractivity contribution < 1.29 is 14.3 Å². The molecule has 0 bridgehead atoms. The molecule has 0 spiro atoms. The Morgan fingerprint density at radius 2 is 1.96 bits per heavy atom. The van der Waals surface area contributed by atoms with Crippen molar-refractivity contribution in [3.8, 4) is 6.07 Å². The summed E-state index contributed by atoms with van der Waals surface area (Å²) < 4.78 is 6.11. The topological polar surface area (TPSA) is 79.2 Å². The Balaban J connectivity index is 2.13. The number of ether oxygens (including phenoxy) is 1. The van der Waals surface area contributed by atoms with Gasteiger partial charge >= 0.3 is 5.97 Å². The van der Waals surface area contributed by atoms with Crippen molar-refractivity contribution in [3.05, 3.63) is 34.2 Å². The van der Waals surface area contributed by atoms with Crippen LogP contribution < -0.4 is 5.32 Å². The van der Waals surface area contributed by atoms with E-state index < -0.39 is 23.5 Å². The number of nitrogens with one attached hydrogen (secondary N) is 1. The van der Waals surface area contributed by atoms with Crippen LogP contribution in [0.15, 0.2) is 24.3 Å². The molecule has 1 aromatic carbocycles. The maximum atomic E-state index is 12.4. The molecular weight excluding hydrogens is 360 g/mol. The second-order valence-corrected chi connectivity index (χ2v) is 7.68. The van der Waals surface area contributed by atoms with Crippen LogP contribution in [0.2, 0.25) is 5.02 Å². The predicted molar refractivity (Wildman–Crippen MR) is 98.7 cm³/mol. The first kappa shape index (κ1) is 19.2. The number of carbonyl (C=O) groups is 2. The summed E-state index contributed by atoms with van der Waals surface area (Å²) in [5, 5.41) is 13.0. The molecule has 7 heteroatoms. The number of hydrogen-bond acceptors (Lipinski definition) is 5. The minimum atomic E-state index is -1.04. The first-order chi connectivity index (χ1) is 11.7. The molecule has 0 aliphatic heterocycles. The molecule has 0 saturated carbocycles. The van der Waals surface area contributed by atoms with E-state index in [-0.39, 0.29) is 10.8 Å². The third kappa shape index (κ3) is 3.94. The van der Waals surface area contributed by atoms with E-state index in [0.717, 1.165) is 10.1 Å². The maximum Gasteiger partial charge on any atom is 0.350 e. The van der Waals surface area contributed by atoms with Crippen molar-refractivity contribution >= 4 is 44.9 Å². The Hall–Kier alpha value is -2.10. The zero-order valence-corrected chi connectivity index (χ0v) is 16.0. The number of rotatable bonds is 5. The van der Waals surface area contributed by atoms with Crippen LogP contribution in [0.5, 0.6) is 0 Å². The Morgan fingerprint density at radius 1 is 1.32 bits per heavy atom. The molecule has 0 fully saturated rings. The molecule has 5 nitrogen and oxygen atoms in total. The number of carbonyl (C=O) groups excluding carboxylic acids is 2. The molecule has 0 unspecified atom stereocenters. The van der Waals surface area contributed by atoms with Gasteiger partial charge in [-0.1, -0.05) is 43.6 Å². The molecule has 25 heavy (non-hydrogen) atoms. The molecule has 1 amide bonds. The van der Waals surface area contributed by atoms with Gasteiger partial charge in [-0.05, 0) is 25.8 Å². The zero-order chi connectivity index (χ0) is 18.8. The zero-order valence-electron chi connectivity index (χ0n) is 14.4. The van der Waals surface area contributed by atoms with Gasteiger partial charge in [-0.3, -0.25) is 4.79 Å². The average molecular weight is 379 g/mol. The van der Waals surface area contributed by atoms with E-state index in [2.05, 4.69) is 11.4 Å².